The Bertz CT molecular complexity index is 502. The third kappa shape index (κ3) is 4.62. The average Bonchev–Trinajstić information content (AvgIpc) is 2.32. The van der Waals surface area contributed by atoms with Crippen molar-refractivity contribution in [3.05, 3.63) is 12.2 Å². The number of ether oxygens (including phenoxy) is 2. The molecule has 0 aromatic heterocycles. The Kier molecular flexibility index (Phi) is 4.64. The minimum absolute atomic E-state index is 0.0684. The second-order valence-electron chi connectivity index (χ2n) is 8.16. The highest BCUT2D eigenvalue weighted by molar-refractivity contribution is 5.72. The molecule has 0 aliphatic carbocycles. The molecular weight excluding hydrogens is 296 g/mol. The molecule has 2 rings (SSSR count). The second-order valence-corrected chi connectivity index (χ2v) is 8.16. The molecule has 0 aromatic rings. The van der Waals surface area contributed by atoms with Crippen LogP contribution in [0.25, 0.3) is 0 Å². The molecule has 1 saturated heterocycles. The van der Waals surface area contributed by atoms with Crippen LogP contribution in [0.2, 0.25) is 0 Å². The van der Waals surface area contributed by atoms with E-state index in [0.29, 0.717) is 13.1 Å². The molecule has 6 nitrogen and oxygen atoms in total. The number of fused-ring (bicyclic) bond motifs is 2. The van der Waals surface area contributed by atoms with Gasteiger partial charge in [-0.3, -0.25) is 4.90 Å². The van der Waals surface area contributed by atoms with Gasteiger partial charge in [-0.15, -0.1) is 0 Å². The molecule has 23 heavy (non-hydrogen) atoms. The Morgan fingerprint density at radius 2 is 1.52 bits per heavy atom. The van der Waals surface area contributed by atoms with Crippen LogP contribution in [0.15, 0.2) is 12.2 Å². The SMILES string of the molecule is CC(C)(C)OC(=O)N1CC2C=CCC(C1)N2C(=O)OC(C)(C)C. The minimum Gasteiger partial charge on any atom is -0.444 e. The van der Waals surface area contributed by atoms with Crippen molar-refractivity contribution in [3.63, 3.8) is 0 Å². The van der Waals surface area contributed by atoms with Gasteiger partial charge < -0.3 is 14.4 Å². The van der Waals surface area contributed by atoms with Crippen LogP contribution in [-0.2, 0) is 9.47 Å². The number of piperazine rings is 1. The lowest BCUT2D eigenvalue weighted by Gasteiger charge is -2.47. The van der Waals surface area contributed by atoms with Gasteiger partial charge in [-0.1, -0.05) is 12.2 Å². The van der Waals surface area contributed by atoms with Crippen molar-refractivity contribution in [2.75, 3.05) is 13.1 Å². The Morgan fingerprint density at radius 3 is 2.04 bits per heavy atom. The molecule has 0 spiro atoms. The molecule has 130 valence electrons. The lowest BCUT2D eigenvalue weighted by atomic mass is 9.98. The summed E-state index contributed by atoms with van der Waals surface area (Å²) in [6, 6.07) is -0.231. The van der Waals surface area contributed by atoms with Crippen LogP contribution >= 0.6 is 0 Å². The molecule has 2 aliphatic rings. The van der Waals surface area contributed by atoms with Gasteiger partial charge in [0.15, 0.2) is 0 Å². The highest BCUT2D eigenvalue weighted by atomic mass is 16.6. The monoisotopic (exact) mass is 324 g/mol. The first kappa shape index (κ1) is 17.6. The van der Waals surface area contributed by atoms with E-state index in [1.807, 2.05) is 47.6 Å². The Balaban J connectivity index is 2.08. The zero-order valence-electron chi connectivity index (χ0n) is 15.0. The van der Waals surface area contributed by atoms with Crippen molar-refractivity contribution < 1.29 is 19.1 Å². The fourth-order valence-electron chi connectivity index (χ4n) is 2.81. The van der Waals surface area contributed by atoms with Crippen molar-refractivity contribution in [2.24, 2.45) is 0 Å². The fraction of sp³-hybridized carbons (Fsp3) is 0.765. The molecule has 1 fully saturated rings. The van der Waals surface area contributed by atoms with Crippen molar-refractivity contribution in [2.45, 2.75) is 71.2 Å². The summed E-state index contributed by atoms with van der Waals surface area (Å²) >= 11 is 0. The van der Waals surface area contributed by atoms with Gasteiger partial charge in [0.2, 0.25) is 0 Å². The van der Waals surface area contributed by atoms with E-state index in [-0.39, 0.29) is 24.3 Å². The number of carbonyl (C=O) groups excluding carboxylic acids is 2. The van der Waals surface area contributed by atoms with Crippen LogP contribution in [0.3, 0.4) is 0 Å². The van der Waals surface area contributed by atoms with Gasteiger partial charge in [0.05, 0.1) is 12.1 Å². The number of carbonyl (C=O) groups is 2. The third-order valence-corrected chi connectivity index (χ3v) is 3.61. The van der Waals surface area contributed by atoms with Crippen LogP contribution < -0.4 is 0 Å². The Labute approximate surface area is 138 Å². The van der Waals surface area contributed by atoms with E-state index in [9.17, 15) is 9.59 Å². The quantitative estimate of drug-likeness (QED) is 0.642. The zero-order chi connectivity index (χ0) is 17.4. The van der Waals surface area contributed by atoms with Gasteiger partial charge >= 0.3 is 12.2 Å². The predicted molar refractivity (Wildman–Crippen MR) is 87.2 cm³/mol. The molecule has 6 heteroatoms. The molecule has 0 N–H and O–H groups in total. The van der Waals surface area contributed by atoms with Crippen LogP contribution in [0.4, 0.5) is 9.59 Å². The molecular formula is C17H28N2O4. The van der Waals surface area contributed by atoms with Gasteiger partial charge in [0, 0.05) is 13.1 Å². The van der Waals surface area contributed by atoms with Gasteiger partial charge in [0.25, 0.3) is 0 Å². The van der Waals surface area contributed by atoms with Crippen LogP contribution in [-0.4, -0.2) is 58.4 Å². The van der Waals surface area contributed by atoms with E-state index in [4.69, 9.17) is 9.47 Å². The maximum atomic E-state index is 12.5. The molecule has 0 saturated carbocycles. The average molecular weight is 324 g/mol. The molecule has 0 radical (unpaired) electrons. The Morgan fingerprint density at radius 1 is 0.957 bits per heavy atom. The number of hydrogen-bond donors (Lipinski definition) is 0. The van der Waals surface area contributed by atoms with E-state index < -0.39 is 11.2 Å². The predicted octanol–water partition coefficient (Wildman–Crippen LogP) is 3.17. The number of hydrogen-bond acceptors (Lipinski definition) is 4. The fourth-order valence-corrected chi connectivity index (χ4v) is 2.81. The summed E-state index contributed by atoms with van der Waals surface area (Å²) < 4.78 is 11.0. The van der Waals surface area contributed by atoms with Crippen molar-refractivity contribution in [1.82, 2.24) is 9.80 Å². The van der Waals surface area contributed by atoms with E-state index in [1.54, 1.807) is 9.80 Å². The Hall–Kier alpha value is -1.72. The molecule has 2 unspecified atom stereocenters. The summed E-state index contributed by atoms with van der Waals surface area (Å²) in [4.78, 5) is 28.2. The van der Waals surface area contributed by atoms with Crippen molar-refractivity contribution >= 4 is 12.2 Å². The van der Waals surface area contributed by atoms with Crippen molar-refractivity contribution in [1.29, 1.82) is 0 Å². The summed E-state index contributed by atoms with van der Waals surface area (Å²) in [7, 11) is 0. The normalized spacial score (nSPS) is 24.4. The smallest absolute Gasteiger partial charge is 0.411 e. The first-order valence-corrected chi connectivity index (χ1v) is 8.12. The number of rotatable bonds is 0. The van der Waals surface area contributed by atoms with Crippen LogP contribution in [0, 0.1) is 0 Å². The highest BCUT2D eigenvalue weighted by Crippen LogP contribution is 2.27. The van der Waals surface area contributed by atoms with Gasteiger partial charge in [-0.2, -0.15) is 0 Å². The number of amides is 2. The first-order valence-electron chi connectivity index (χ1n) is 8.12. The zero-order valence-corrected chi connectivity index (χ0v) is 15.0. The topological polar surface area (TPSA) is 59.1 Å². The van der Waals surface area contributed by atoms with E-state index in [1.165, 1.54) is 0 Å². The van der Waals surface area contributed by atoms with E-state index in [2.05, 4.69) is 6.08 Å². The maximum absolute atomic E-state index is 12.5. The standard InChI is InChI=1S/C17H28N2O4/c1-16(2,3)22-14(20)18-10-12-8-7-9-13(11-18)19(12)15(21)23-17(4,5)6/h7-8,12-13H,9-11H2,1-6H3. The molecule has 2 amide bonds. The molecule has 2 heterocycles. The molecule has 2 atom stereocenters. The summed E-state index contributed by atoms with van der Waals surface area (Å²) in [5.41, 5.74) is -1.05. The molecule has 2 aliphatic heterocycles. The summed E-state index contributed by atoms with van der Waals surface area (Å²) in [5.74, 6) is 0. The van der Waals surface area contributed by atoms with Gasteiger partial charge in [-0.05, 0) is 48.0 Å². The summed E-state index contributed by atoms with van der Waals surface area (Å²) in [6.07, 6.45) is 4.11. The lowest BCUT2D eigenvalue weighted by molar-refractivity contribution is -0.0269. The van der Waals surface area contributed by atoms with Crippen molar-refractivity contribution in [3.8, 4) is 0 Å². The summed E-state index contributed by atoms with van der Waals surface area (Å²) in [5, 5.41) is 0. The molecule has 0 aromatic carbocycles. The van der Waals surface area contributed by atoms with Gasteiger partial charge in [-0.25, -0.2) is 9.59 Å². The highest BCUT2D eigenvalue weighted by Gasteiger charge is 2.42. The van der Waals surface area contributed by atoms with E-state index >= 15 is 0 Å². The van der Waals surface area contributed by atoms with E-state index in [0.717, 1.165) is 6.42 Å². The second kappa shape index (κ2) is 6.06. The van der Waals surface area contributed by atoms with Gasteiger partial charge in [0.1, 0.15) is 11.2 Å². The third-order valence-electron chi connectivity index (χ3n) is 3.61. The van der Waals surface area contributed by atoms with Crippen LogP contribution in [0.1, 0.15) is 48.0 Å². The minimum atomic E-state index is -0.530. The van der Waals surface area contributed by atoms with Crippen LogP contribution in [0.5, 0.6) is 0 Å². The largest absolute Gasteiger partial charge is 0.444 e. The first-order chi connectivity index (χ1) is 10.5. The molecule has 2 bridgehead atoms. The lowest BCUT2D eigenvalue weighted by Crippen LogP contribution is -2.63. The number of nitrogens with zero attached hydrogens (tertiary/aromatic N) is 2. The maximum Gasteiger partial charge on any atom is 0.411 e. The summed E-state index contributed by atoms with van der Waals surface area (Å²) in [6.45, 7) is 12.0.